The Balaban J connectivity index is 1.46. The van der Waals surface area contributed by atoms with Crippen molar-refractivity contribution in [2.45, 2.75) is 13.2 Å². The molecule has 0 saturated heterocycles. The molecule has 4 aromatic rings. The predicted octanol–water partition coefficient (Wildman–Crippen LogP) is 6.69. The minimum absolute atomic E-state index is 0.435. The largest absolute Gasteiger partial charge is 0.493 e. The van der Waals surface area contributed by atoms with Gasteiger partial charge in [0, 0.05) is 22.6 Å². The summed E-state index contributed by atoms with van der Waals surface area (Å²) in [5.74, 6) is 1.42. The lowest BCUT2D eigenvalue weighted by molar-refractivity contribution is 0.284. The van der Waals surface area contributed by atoms with Gasteiger partial charge in [-0.2, -0.15) is 0 Å². The van der Waals surface area contributed by atoms with Crippen LogP contribution in [0.5, 0.6) is 11.5 Å². The van der Waals surface area contributed by atoms with E-state index in [0.29, 0.717) is 29.7 Å². The van der Waals surface area contributed by atoms with Crippen molar-refractivity contribution in [3.05, 3.63) is 101 Å². The van der Waals surface area contributed by atoms with Crippen LogP contribution in [0.15, 0.2) is 84.9 Å². The summed E-state index contributed by atoms with van der Waals surface area (Å²) in [4.78, 5) is 0. The van der Waals surface area contributed by atoms with Gasteiger partial charge in [0.15, 0.2) is 11.5 Å². The molecule has 0 aliphatic rings. The minimum Gasteiger partial charge on any atom is -0.493 e. The molecular weight excluding hydrogens is 382 g/mol. The summed E-state index contributed by atoms with van der Waals surface area (Å²) >= 11 is 6.04. The number of anilines is 1. The van der Waals surface area contributed by atoms with Gasteiger partial charge in [0.25, 0.3) is 0 Å². The predicted molar refractivity (Wildman–Crippen MR) is 120 cm³/mol. The lowest BCUT2D eigenvalue weighted by atomic mass is 10.1. The maximum atomic E-state index is 6.04. The molecule has 0 fully saturated rings. The van der Waals surface area contributed by atoms with Gasteiger partial charge < -0.3 is 14.8 Å². The van der Waals surface area contributed by atoms with E-state index in [9.17, 15) is 0 Å². The third kappa shape index (κ3) is 4.64. The highest BCUT2D eigenvalue weighted by Crippen LogP contribution is 2.30. The summed E-state index contributed by atoms with van der Waals surface area (Å²) in [5.41, 5.74) is 3.24. The Morgan fingerprint density at radius 1 is 0.793 bits per heavy atom. The van der Waals surface area contributed by atoms with Crippen molar-refractivity contribution < 1.29 is 9.47 Å². The van der Waals surface area contributed by atoms with Crippen LogP contribution in [-0.2, 0) is 13.2 Å². The fourth-order valence-corrected chi connectivity index (χ4v) is 3.52. The van der Waals surface area contributed by atoms with E-state index < -0.39 is 0 Å². The first-order valence-corrected chi connectivity index (χ1v) is 9.86. The fraction of sp³-hybridized carbons (Fsp3) is 0.120. The maximum absolute atomic E-state index is 6.04. The first kappa shape index (κ1) is 19.2. The summed E-state index contributed by atoms with van der Waals surface area (Å²) in [6.07, 6.45) is 0. The highest BCUT2D eigenvalue weighted by Gasteiger charge is 2.07. The van der Waals surface area contributed by atoms with Crippen molar-refractivity contribution in [1.29, 1.82) is 0 Å². The molecule has 4 aromatic carbocycles. The lowest BCUT2D eigenvalue weighted by Gasteiger charge is -2.14. The molecule has 0 radical (unpaired) electrons. The van der Waals surface area contributed by atoms with E-state index in [1.54, 1.807) is 7.11 Å². The second-order valence-corrected chi connectivity index (χ2v) is 7.22. The van der Waals surface area contributed by atoms with Crippen LogP contribution in [0.1, 0.15) is 11.1 Å². The summed E-state index contributed by atoms with van der Waals surface area (Å²) in [6, 6.07) is 28.3. The fourth-order valence-electron chi connectivity index (χ4n) is 3.31. The van der Waals surface area contributed by atoms with Gasteiger partial charge in [-0.15, -0.1) is 0 Å². The number of halogens is 1. The highest BCUT2D eigenvalue weighted by atomic mass is 35.5. The average molecular weight is 404 g/mol. The van der Waals surface area contributed by atoms with Crippen LogP contribution in [0, 0.1) is 0 Å². The molecule has 0 aliphatic carbocycles. The number of fused-ring (bicyclic) bond motifs is 1. The molecule has 1 N–H and O–H groups in total. The maximum Gasteiger partial charge on any atom is 0.161 e. The molecule has 29 heavy (non-hydrogen) atoms. The molecule has 0 atom stereocenters. The van der Waals surface area contributed by atoms with Gasteiger partial charge in [0.05, 0.1) is 7.11 Å². The van der Waals surface area contributed by atoms with E-state index >= 15 is 0 Å². The number of hydrogen-bond donors (Lipinski definition) is 1. The van der Waals surface area contributed by atoms with Crippen LogP contribution in [-0.4, -0.2) is 7.11 Å². The molecule has 0 heterocycles. The smallest absolute Gasteiger partial charge is 0.161 e. The molecule has 0 aromatic heterocycles. The van der Waals surface area contributed by atoms with Crippen LogP contribution in [0.2, 0.25) is 5.02 Å². The lowest BCUT2D eigenvalue weighted by Crippen LogP contribution is -2.02. The third-order valence-electron chi connectivity index (χ3n) is 4.78. The summed E-state index contributed by atoms with van der Waals surface area (Å²) in [6.45, 7) is 1.13. The second kappa shape index (κ2) is 8.89. The van der Waals surface area contributed by atoms with Crippen molar-refractivity contribution in [2.75, 3.05) is 12.4 Å². The van der Waals surface area contributed by atoms with Crippen molar-refractivity contribution in [3.8, 4) is 11.5 Å². The number of benzene rings is 4. The summed E-state index contributed by atoms with van der Waals surface area (Å²) in [5, 5.41) is 6.66. The number of methoxy groups -OCH3 is 1. The van der Waals surface area contributed by atoms with E-state index in [4.69, 9.17) is 21.1 Å². The number of rotatable bonds is 7. The molecule has 4 rings (SSSR count). The quantitative estimate of drug-likeness (QED) is 0.372. The molecule has 0 spiro atoms. The van der Waals surface area contributed by atoms with Gasteiger partial charge in [0.2, 0.25) is 0 Å². The first-order valence-electron chi connectivity index (χ1n) is 9.49. The van der Waals surface area contributed by atoms with Crippen LogP contribution in [0.3, 0.4) is 0 Å². The topological polar surface area (TPSA) is 30.5 Å². The number of nitrogens with one attached hydrogen (secondary N) is 1. The van der Waals surface area contributed by atoms with Crippen LogP contribution < -0.4 is 14.8 Å². The number of ether oxygens (including phenoxy) is 2. The Labute approximate surface area is 175 Å². The van der Waals surface area contributed by atoms with Crippen LogP contribution >= 0.6 is 11.6 Å². The molecule has 0 aliphatic heterocycles. The monoisotopic (exact) mass is 403 g/mol. The van der Waals surface area contributed by atoms with Gasteiger partial charge >= 0.3 is 0 Å². The minimum atomic E-state index is 0.435. The Morgan fingerprint density at radius 3 is 2.48 bits per heavy atom. The van der Waals surface area contributed by atoms with Crippen molar-refractivity contribution in [3.63, 3.8) is 0 Å². The van der Waals surface area contributed by atoms with Crippen molar-refractivity contribution >= 4 is 28.1 Å². The molecule has 3 nitrogen and oxygen atoms in total. The first-order chi connectivity index (χ1) is 14.2. The normalized spacial score (nSPS) is 10.7. The molecular formula is C25H22ClNO2. The van der Waals surface area contributed by atoms with E-state index in [1.807, 2.05) is 42.5 Å². The molecule has 4 heteroatoms. The van der Waals surface area contributed by atoms with Gasteiger partial charge in [0.1, 0.15) is 6.61 Å². The zero-order chi connectivity index (χ0) is 20.1. The summed E-state index contributed by atoms with van der Waals surface area (Å²) in [7, 11) is 1.66. The van der Waals surface area contributed by atoms with E-state index in [2.05, 4.69) is 47.8 Å². The second-order valence-electron chi connectivity index (χ2n) is 6.78. The van der Waals surface area contributed by atoms with Gasteiger partial charge in [-0.05, 0) is 46.8 Å². The van der Waals surface area contributed by atoms with E-state index in [-0.39, 0.29) is 0 Å². The molecule has 0 bridgehead atoms. The molecule has 0 amide bonds. The van der Waals surface area contributed by atoms with Gasteiger partial charge in [-0.3, -0.25) is 0 Å². The molecule has 0 saturated carbocycles. The summed E-state index contributed by atoms with van der Waals surface area (Å²) < 4.78 is 11.5. The highest BCUT2D eigenvalue weighted by molar-refractivity contribution is 6.30. The SMILES string of the molecule is COc1cc(CNc2cccc3ccccc23)ccc1OCc1cccc(Cl)c1. The zero-order valence-electron chi connectivity index (χ0n) is 16.2. The Morgan fingerprint density at radius 2 is 1.62 bits per heavy atom. The van der Waals surface area contributed by atoms with E-state index in [1.165, 1.54) is 10.8 Å². The standard InChI is InChI=1S/C25H22ClNO2/c1-28-25-15-18(12-13-24(25)29-17-19-6-4-9-21(26)14-19)16-27-23-11-5-8-20-7-2-3-10-22(20)23/h2-15,27H,16-17H2,1H3. The molecule has 0 unspecified atom stereocenters. The molecule has 146 valence electrons. The van der Waals surface area contributed by atoms with Gasteiger partial charge in [-0.25, -0.2) is 0 Å². The number of hydrogen-bond acceptors (Lipinski definition) is 3. The van der Waals surface area contributed by atoms with Crippen molar-refractivity contribution in [2.24, 2.45) is 0 Å². The van der Waals surface area contributed by atoms with Gasteiger partial charge in [-0.1, -0.05) is 66.2 Å². The van der Waals surface area contributed by atoms with Crippen LogP contribution in [0.25, 0.3) is 10.8 Å². The third-order valence-corrected chi connectivity index (χ3v) is 5.02. The Bertz CT molecular complexity index is 1120. The van der Waals surface area contributed by atoms with Crippen molar-refractivity contribution in [1.82, 2.24) is 0 Å². The zero-order valence-corrected chi connectivity index (χ0v) is 16.9. The Hall–Kier alpha value is -3.17. The van der Waals surface area contributed by atoms with E-state index in [0.717, 1.165) is 16.8 Å². The average Bonchev–Trinajstić information content (AvgIpc) is 2.76. The van der Waals surface area contributed by atoms with Crippen LogP contribution in [0.4, 0.5) is 5.69 Å². The Kier molecular flexibility index (Phi) is 5.87.